The summed E-state index contributed by atoms with van der Waals surface area (Å²) in [5.41, 5.74) is 2.21. The molecule has 0 aliphatic carbocycles. The van der Waals surface area contributed by atoms with Gasteiger partial charge in [0.15, 0.2) is 5.82 Å². The van der Waals surface area contributed by atoms with E-state index >= 15 is 0 Å². The number of para-hydroxylation sites is 1. The maximum Gasteiger partial charge on any atom is 0.154 e. The van der Waals surface area contributed by atoms with Crippen molar-refractivity contribution in [3.05, 3.63) is 45.9 Å². The summed E-state index contributed by atoms with van der Waals surface area (Å²) in [6, 6.07) is 9.77. The number of rotatable bonds is 3. The van der Waals surface area contributed by atoms with E-state index in [2.05, 4.69) is 23.3 Å². The Bertz CT molecular complexity index is 599. The zero-order chi connectivity index (χ0) is 14.0. The van der Waals surface area contributed by atoms with Crippen LogP contribution in [0.15, 0.2) is 30.3 Å². The fourth-order valence-corrected chi connectivity index (χ4v) is 2.50. The van der Waals surface area contributed by atoms with Gasteiger partial charge >= 0.3 is 0 Å². The Labute approximate surface area is 123 Å². The van der Waals surface area contributed by atoms with Crippen molar-refractivity contribution < 1.29 is 0 Å². The maximum absolute atomic E-state index is 6.24. The van der Waals surface area contributed by atoms with Gasteiger partial charge in [-0.1, -0.05) is 41.4 Å². The second-order valence-electron chi connectivity index (χ2n) is 4.22. The molecule has 0 aliphatic heterocycles. The summed E-state index contributed by atoms with van der Waals surface area (Å²) >= 11 is 12.3. The molecule has 1 aromatic carbocycles. The lowest BCUT2D eigenvalue weighted by Crippen LogP contribution is -2.14. The van der Waals surface area contributed by atoms with Crippen molar-refractivity contribution in [2.45, 2.75) is 6.92 Å². The van der Waals surface area contributed by atoms with Gasteiger partial charge in [-0.2, -0.15) is 0 Å². The Kier molecular flexibility index (Phi) is 4.17. The van der Waals surface area contributed by atoms with Gasteiger partial charge in [0.2, 0.25) is 0 Å². The van der Waals surface area contributed by atoms with Crippen molar-refractivity contribution in [3.63, 3.8) is 0 Å². The lowest BCUT2D eigenvalue weighted by Gasteiger charge is -2.22. The SMILES string of the molecule is CNc1nc(N(C)c2ccccc2C)c(Cl)cc1Cl. The van der Waals surface area contributed by atoms with Crippen molar-refractivity contribution >= 4 is 40.5 Å². The summed E-state index contributed by atoms with van der Waals surface area (Å²) in [6.45, 7) is 2.05. The first-order valence-electron chi connectivity index (χ1n) is 5.87. The maximum atomic E-state index is 6.24. The molecule has 19 heavy (non-hydrogen) atoms. The average Bonchev–Trinajstić information content (AvgIpc) is 2.39. The third-order valence-electron chi connectivity index (χ3n) is 2.94. The Hall–Kier alpha value is -1.45. The zero-order valence-electron chi connectivity index (χ0n) is 11.0. The molecular weight excluding hydrogens is 281 g/mol. The largest absolute Gasteiger partial charge is 0.372 e. The lowest BCUT2D eigenvalue weighted by atomic mass is 10.2. The summed E-state index contributed by atoms with van der Waals surface area (Å²) in [7, 11) is 3.71. The third-order valence-corrected chi connectivity index (χ3v) is 3.51. The highest BCUT2D eigenvalue weighted by atomic mass is 35.5. The van der Waals surface area contributed by atoms with Crippen LogP contribution in [0.3, 0.4) is 0 Å². The topological polar surface area (TPSA) is 28.2 Å². The number of pyridine rings is 1. The standard InChI is InChI=1S/C14H15Cl2N3/c1-9-6-4-5-7-12(9)19(3)14-11(16)8-10(15)13(17-2)18-14/h4-8H,1-3H3,(H,17,18). The smallest absolute Gasteiger partial charge is 0.154 e. The molecule has 2 aromatic rings. The molecule has 1 N–H and O–H groups in total. The highest BCUT2D eigenvalue weighted by molar-refractivity contribution is 6.37. The third kappa shape index (κ3) is 2.77. The Balaban J connectivity index is 2.50. The lowest BCUT2D eigenvalue weighted by molar-refractivity contribution is 1.11. The molecule has 2 rings (SSSR count). The Morgan fingerprint density at radius 2 is 1.84 bits per heavy atom. The van der Waals surface area contributed by atoms with Gasteiger partial charge in [0.1, 0.15) is 5.82 Å². The van der Waals surface area contributed by atoms with E-state index in [-0.39, 0.29) is 0 Å². The molecule has 0 unspecified atom stereocenters. The van der Waals surface area contributed by atoms with Crippen LogP contribution in [0.5, 0.6) is 0 Å². The quantitative estimate of drug-likeness (QED) is 0.903. The van der Waals surface area contributed by atoms with Crippen LogP contribution < -0.4 is 10.2 Å². The number of hydrogen-bond donors (Lipinski definition) is 1. The molecule has 0 amide bonds. The first-order valence-corrected chi connectivity index (χ1v) is 6.63. The first-order chi connectivity index (χ1) is 9.04. The van der Waals surface area contributed by atoms with Gasteiger partial charge in [-0.15, -0.1) is 0 Å². The van der Waals surface area contributed by atoms with Gasteiger partial charge in [-0.25, -0.2) is 4.98 Å². The zero-order valence-corrected chi connectivity index (χ0v) is 12.5. The summed E-state index contributed by atoms with van der Waals surface area (Å²) in [4.78, 5) is 6.41. The van der Waals surface area contributed by atoms with Crippen LogP contribution in [0.25, 0.3) is 0 Å². The molecule has 0 fully saturated rings. The molecule has 0 atom stereocenters. The predicted octanol–water partition coefficient (Wildman–Crippen LogP) is 4.51. The highest BCUT2D eigenvalue weighted by Crippen LogP contribution is 2.34. The van der Waals surface area contributed by atoms with Gasteiger partial charge in [0.05, 0.1) is 10.0 Å². The second kappa shape index (κ2) is 5.68. The average molecular weight is 296 g/mol. The molecule has 0 saturated heterocycles. The Morgan fingerprint density at radius 1 is 1.16 bits per heavy atom. The van der Waals surface area contributed by atoms with Crippen molar-refractivity contribution in [2.24, 2.45) is 0 Å². The predicted molar refractivity (Wildman–Crippen MR) is 83.0 cm³/mol. The monoisotopic (exact) mass is 295 g/mol. The molecular formula is C14H15Cl2N3. The summed E-state index contributed by atoms with van der Waals surface area (Å²) in [6.07, 6.45) is 0. The molecule has 0 bridgehead atoms. The van der Waals surface area contributed by atoms with E-state index in [0.717, 1.165) is 11.3 Å². The van der Waals surface area contributed by atoms with Crippen molar-refractivity contribution in [1.29, 1.82) is 0 Å². The fraction of sp³-hybridized carbons (Fsp3) is 0.214. The van der Waals surface area contributed by atoms with Crippen LogP contribution >= 0.6 is 23.2 Å². The minimum atomic E-state index is 0.509. The van der Waals surface area contributed by atoms with E-state index < -0.39 is 0 Å². The Morgan fingerprint density at radius 3 is 2.47 bits per heavy atom. The van der Waals surface area contributed by atoms with E-state index in [1.54, 1.807) is 13.1 Å². The number of halogens is 2. The minimum absolute atomic E-state index is 0.509. The van der Waals surface area contributed by atoms with E-state index in [1.807, 2.05) is 30.1 Å². The number of anilines is 3. The van der Waals surface area contributed by atoms with E-state index in [4.69, 9.17) is 23.2 Å². The van der Waals surface area contributed by atoms with E-state index in [9.17, 15) is 0 Å². The number of aromatic nitrogens is 1. The normalized spacial score (nSPS) is 10.4. The van der Waals surface area contributed by atoms with Crippen molar-refractivity contribution in [3.8, 4) is 0 Å². The number of nitrogens with zero attached hydrogens (tertiary/aromatic N) is 2. The number of nitrogens with one attached hydrogen (secondary N) is 1. The number of hydrogen-bond acceptors (Lipinski definition) is 3. The van der Waals surface area contributed by atoms with Crippen LogP contribution in [0.2, 0.25) is 10.0 Å². The van der Waals surface area contributed by atoms with E-state index in [1.165, 1.54) is 0 Å². The molecule has 0 radical (unpaired) electrons. The molecule has 1 aromatic heterocycles. The molecule has 100 valence electrons. The molecule has 0 spiro atoms. The van der Waals surface area contributed by atoms with Gasteiger partial charge in [0, 0.05) is 19.8 Å². The molecule has 5 heteroatoms. The van der Waals surface area contributed by atoms with Crippen LogP contribution in [0.4, 0.5) is 17.3 Å². The first kappa shape index (κ1) is 14.0. The molecule has 3 nitrogen and oxygen atoms in total. The number of aryl methyl sites for hydroxylation is 1. The van der Waals surface area contributed by atoms with Gasteiger partial charge < -0.3 is 10.2 Å². The minimum Gasteiger partial charge on any atom is -0.372 e. The molecule has 0 saturated carbocycles. The van der Waals surface area contributed by atoms with E-state index in [0.29, 0.717) is 21.7 Å². The summed E-state index contributed by atoms with van der Waals surface area (Å²) in [5.74, 6) is 1.28. The highest BCUT2D eigenvalue weighted by Gasteiger charge is 2.14. The van der Waals surface area contributed by atoms with Crippen LogP contribution in [0.1, 0.15) is 5.56 Å². The van der Waals surface area contributed by atoms with Gasteiger partial charge in [-0.05, 0) is 24.6 Å². The van der Waals surface area contributed by atoms with Crippen LogP contribution in [0, 0.1) is 6.92 Å². The second-order valence-corrected chi connectivity index (χ2v) is 5.03. The number of benzene rings is 1. The molecule has 0 aliphatic rings. The van der Waals surface area contributed by atoms with Crippen LogP contribution in [-0.2, 0) is 0 Å². The molecule has 1 heterocycles. The van der Waals surface area contributed by atoms with Gasteiger partial charge in [-0.3, -0.25) is 0 Å². The van der Waals surface area contributed by atoms with Gasteiger partial charge in [0.25, 0.3) is 0 Å². The summed E-state index contributed by atoms with van der Waals surface area (Å²) in [5, 5.41) is 3.99. The van der Waals surface area contributed by atoms with Crippen molar-refractivity contribution in [2.75, 3.05) is 24.3 Å². The van der Waals surface area contributed by atoms with Crippen molar-refractivity contribution in [1.82, 2.24) is 4.98 Å². The summed E-state index contributed by atoms with van der Waals surface area (Å²) < 4.78 is 0. The van der Waals surface area contributed by atoms with Crippen LogP contribution in [-0.4, -0.2) is 19.1 Å². The fourth-order valence-electron chi connectivity index (χ4n) is 1.92.